The number of amides is 1. The van der Waals surface area contributed by atoms with Crippen molar-refractivity contribution in [3.63, 3.8) is 0 Å². The van der Waals surface area contributed by atoms with E-state index < -0.39 is 16.6 Å². The normalized spacial score (nSPS) is 11.5. The van der Waals surface area contributed by atoms with Crippen LogP contribution in [0.3, 0.4) is 0 Å². The first-order valence-electron chi connectivity index (χ1n) is 9.10. The van der Waals surface area contributed by atoms with Gasteiger partial charge in [0.1, 0.15) is 5.75 Å². The lowest BCUT2D eigenvalue weighted by atomic mass is 10.1. The molecule has 7 nitrogen and oxygen atoms in total. The van der Waals surface area contributed by atoms with Gasteiger partial charge in [0, 0.05) is 17.4 Å². The largest absolute Gasteiger partial charge is 0.434 e. The van der Waals surface area contributed by atoms with E-state index >= 15 is 0 Å². The zero-order valence-corrected chi connectivity index (χ0v) is 18.0. The monoisotopic (exact) mass is 467 g/mol. The van der Waals surface area contributed by atoms with Crippen molar-refractivity contribution in [1.82, 2.24) is 9.71 Å². The number of hydrogen-bond acceptors (Lipinski definition) is 6. The first kappa shape index (κ1) is 22.8. The molecule has 0 bridgehead atoms. The summed E-state index contributed by atoms with van der Waals surface area (Å²) in [6, 6.07) is 12.5. The quantitative estimate of drug-likeness (QED) is 0.498. The van der Waals surface area contributed by atoms with Gasteiger partial charge in [-0.25, -0.2) is 18.1 Å². The summed E-state index contributed by atoms with van der Waals surface area (Å²) < 4.78 is 55.4. The Morgan fingerprint density at radius 3 is 2.55 bits per heavy atom. The Kier molecular flexibility index (Phi) is 7.31. The van der Waals surface area contributed by atoms with Crippen LogP contribution in [0.2, 0.25) is 0 Å². The van der Waals surface area contributed by atoms with E-state index in [0.29, 0.717) is 22.8 Å². The van der Waals surface area contributed by atoms with Crippen molar-refractivity contribution in [3.8, 4) is 17.0 Å². The number of halogens is 2. The lowest BCUT2D eigenvalue weighted by Crippen LogP contribution is -2.18. The smallest absolute Gasteiger partial charge is 0.387 e. The molecule has 11 heteroatoms. The number of ether oxygens (including phenoxy) is 1. The van der Waals surface area contributed by atoms with Crippen LogP contribution in [0.25, 0.3) is 11.3 Å². The van der Waals surface area contributed by atoms with Crippen LogP contribution in [-0.2, 0) is 21.2 Å². The SMILES string of the molecule is CNS(=O)(=O)c1ccc(CCC(=O)Nc2nc(-c3ccccc3OC(F)F)cs2)cc1. The molecular formula is C20H19F2N3O4S2. The minimum atomic E-state index is -3.50. The van der Waals surface area contributed by atoms with Crippen molar-refractivity contribution in [3.05, 3.63) is 59.5 Å². The van der Waals surface area contributed by atoms with Crippen LogP contribution in [0.5, 0.6) is 5.75 Å². The molecular weight excluding hydrogens is 448 g/mol. The van der Waals surface area contributed by atoms with Gasteiger partial charge in [0.15, 0.2) is 5.13 Å². The van der Waals surface area contributed by atoms with Gasteiger partial charge < -0.3 is 10.1 Å². The second-order valence-corrected chi connectivity index (χ2v) is 9.06. The predicted octanol–water partition coefficient (Wildman–Crippen LogP) is 3.89. The van der Waals surface area contributed by atoms with E-state index in [-0.39, 0.29) is 23.0 Å². The molecule has 0 spiro atoms. The number of aromatic nitrogens is 1. The fraction of sp³-hybridized carbons (Fsp3) is 0.200. The molecule has 1 aromatic heterocycles. The van der Waals surface area contributed by atoms with Crippen LogP contribution in [0.1, 0.15) is 12.0 Å². The van der Waals surface area contributed by atoms with E-state index in [9.17, 15) is 22.0 Å². The molecule has 3 aromatic rings. The highest BCUT2D eigenvalue weighted by Crippen LogP contribution is 2.33. The number of aryl methyl sites for hydroxylation is 1. The highest BCUT2D eigenvalue weighted by atomic mass is 32.2. The number of thiazole rings is 1. The van der Waals surface area contributed by atoms with Gasteiger partial charge in [0.2, 0.25) is 15.9 Å². The van der Waals surface area contributed by atoms with Crippen molar-refractivity contribution in [2.45, 2.75) is 24.3 Å². The molecule has 0 fully saturated rings. The Morgan fingerprint density at radius 1 is 1.16 bits per heavy atom. The van der Waals surface area contributed by atoms with Gasteiger partial charge in [-0.1, -0.05) is 24.3 Å². The average molecular weight is 468 g/mol. The van der Waals surface area contributed by atoms with E-state index in [2.05, 4.69) is 19.8 Å². The van der Waals surface area contributed by atoms with E-state index in [1.165, 1.54) is 36.6 Å². The van der Waals surface area contributed by atoms with E-state index in [1.54, 1.807) is 35.7 Å². The molecule has 0 radical (unpaired) electrons. The van der Waals surface area contributed by atoms with Gasteiger partial charge in [-0.15, -0.1) is 11.3 Å². The lowest BCUT2D eigenvalue weighted by molar-refractivity contribution is -0.116. The minimum absolute atomic E-state index is 0.00408. The number of hydrogen-bond donors (Lipinski definition) is 2. The van der Waals surface area contributed by atoms with Gasteiger partial charge >= 0.3 is 6.61 Å². The molecule has 0 atom stereocenters. The van der Waals surface area contributed by atoms with Gasteiger partial charge in [-0.3, -0.25) is 4.79 Å². The number of carbonyl (C=O) groups excluding carboxylic acids is 1. The highest BCUT2D eigenvalue weighted by molar-refractivity contribution is 7.89. The lowest BCUT2D eigenvalue weighted by Gasteiger charge is -2.08. The third-order valence-electron chi connectivity index (χ3n) is 4.27. The summed E-state index contributed by atoms with van der Waals surface area (Å²) in [5, 5.41) is 4.66. The Morgan fingerprint density at radius 2 is 1.87 bits per heavy atom. The highest BCUT2D eigenvalue weighted by Gasteiger charge is 2.15. The first-order valence-corrected chi connectivity index (χ1v) is 11.5. The molecule has 3 rings (SSSR count). The third-order valence-corrected chi connectivity index (χ3v) is 6.46. The topological polar surface area (TPSA) is 97.4 Å². The van der Waals surface area contributed by atoms with Crippen molar-refractivity contribution in [2.24, 2.45) is 0 Å². The number of nitrogens with one attached hydrogen (secondary N) is 2. The molecule has 31 heavy (non-hydrogen) atoms. The molecule has 0 saturated carbocycles. The van der Waals surface area contributed by atoms with Crippen molar-refractivity contribution >= 4 is 32.4 Å². The van der Waals surface area contributed by atoms with Crippen LogP contribution < -0.4 is 14.8 Å². The van der Waals surface area contributed by atoms with Gasteiger partial charge in [-0.2, -0.15) is 8.78 Å². The van der Waals surface area contributed by atoms with Crippen LogP contribution in [-0.4, -0.2) is 33.0 Å². The van der Waals surface area contributed by atoms with Crippen molar-refractivity contribution in [2.75, 3.05) is 12.4 Å². The van der Waals surface area contributed by atoms with Crippen molar-refractivity contribution < 1.29 is 26.7 Å². The number of anilines is 1. The van der Waals surface area contributed by atoms with Crippen LogP contribution in [0.15, 0.2) is 58.8 Å². The first-order chi connectivity index (χ1) is 14.8. The molecule has 1 heterocycles. The molecule has 1 amide bonds. The zero-order valence-electron chi connectivity index (χ0n) is 16.3. The number of para-hydroxylation sites is 1. The zero-order chi connectivity index (χ0) is 22.4. The number of carbonyl (C=O) groups is 1. The maximum atomic E-state index is 12.6. The number of sulfonamides is 1. The summed E-state index contributed by atoms with van der Waals surface area (Å²) in [7, 11) is -2.17. The molecule has 0 unspecified atom stereocenters. The summed E-state index contributed by atoms with van der Waals surface area (Å²) in [6.07, 6.45) is 0.577. The summed E-state index contributed by atoms with van der Waals surface area (Å²) >= 11 is 1.17. The minimum Gasteiger partial charge on any atom is -0.434 e. The predicted molar refractivity (Wildman–Crippen MR) is 114 cm³/mol. The molecule has 2 aromatic carbocycles. The Labute approximate surface area is 182 Å². The second-order valence-electron chi connectivity index (χ2n) is 6.31. The maximum Gasteiger partial charge on any atom is 0.387 e. The summed E-state index contributed by atoms with van der Waals surface area (Å²) in [4.78, 5) is 16.7. The number of nitrogens with zero attached hydrogens (tertiary/aromatic N) is 1. The Hall–Kier alpha value is -2.89. The molecule has 0 aliphatic carbocycles. The van der Waals surface area contributed by atoms with Crippen molar-refractivity contribution in [1.29, 1.82) is 0 Å². The summed E-state index contributed by atoms with van der Waals surface area (Å²) in [5.41, 5.74) is 1.62. The number of benzene rings is 2. The molecule has 2 N–H and O–H groups in total. The van der Waals surface area contributed by atoms with Crippen LogP contribution in [0, 0.1) is 0 Å². The fourth-order valence-corrected chi connectivity index (χ4v) is 4.18. The van der Waals surface area contributed by atoms with Gasteiger partial charge in [0.25, 0.3) is 0 Å². The fourth-order valence-electron chi connectivity index (χ4n) is 2.72. The average Bonchev–Trinajstić information content (AvgIpc) is 3.20. The molecule has 0 aliphatic heterocycles. The molecule has 0 saturated heterocycles. The van der Waals surface area contributed by atoms with Gasteiger partial charge in [0.05, 0.1) is 10.6 Å². The van der Waals surface area contributed by atoms with Crippen LogP contribution >= 0.6 is 11.3 Å². The standard InChI is InChI=1S/C20H19F2N3O4S2/c1-23-31(27,28)14-9-6-13(7-10-14)8-11-18(26)25-20-24-16(12-30-20)15-4-2-3-5-17(15)29-19(21)22/h2-7,9-10,12,19,23H,8,11H2,1H3,(H,24,25,26). The maximum absolute atomic E-state index is 12.6. The van der Waals surface area contributed by atoms with Gasteiger partial charge in [-0.05, 0) is 43.3 Å². The molecule has 0 aliphatic rings. The third kappa shape index (κ3) is 6.06. The number of alkyl halides is 2. The van der Waals surface area contributed by atoms with E-state index in [0.717, 1.165) is 5.56 Å². The molecule has 164 valence electrons. The van der Waals surface area contributed by atoms with Crippen LogP contribution in [0.4, 0.5) is 13.9 Å². The number of rotatable bonds is 9. The van der Waals surface area contributed by atoms with E-state index in [1.807, 2.05) is 0 Å². The van der Waals surface area contributed by atoms with E-state index in [4.69, 9.17) is 0 Å². The Balaban J connectivity index is 1.60. The second kappa shape index (κ2) is 9.94. The summed E-state index contributed by atoms with van der Waals surface area (Å²) in [6.45, 7) is -2.95. The Bertz CT molecular complexity index is 1150. The summed E-state index contributed by atoms with van der Waals surface area (Å²) in [5.74, 6) is -0.269.